The van der Waals surface area contributed by atoms with Crippen molar-refractivity contribution in [3.05, 3.63) is 35.1 Å². The van der Waals surface area contributed by atoms with Gasteiger partial charge in [0, 0.05) is 24.7 Å². The molecule has 0 radical (unpaired) electrons. The highest BCUT2D eigenvalue weighted by molar-refractivity contribution is 5.25. The largest absolute Gasteiger partial charge is 0.313 e. The Morgan fingerprint density at radius 2 is 2.15 bits per heavy atom. The molecule has 3 heteroatoms. The molecule has 1 aliphatic rings. The Morgan fingerprint density at radius 1 is 1.35 bits per heavy atom. The lowest BCUT2D eigenvalue weighted by molar-refractivity contribution is 0.121. The average Bonchev–Trinajstić information content (AvgIpc) is 2.42. The van der Waals surface area contributed by atoms with Crippen LogP contribution in [-0.2, 0) is 13.1 Å². The van der Waals surface area contributed by atoms with Gasteiger partial charge in [0.2, 0.25) is 0 Å². The van der Waals surface area contributed by atoms with Gasteiger partial charge in [-0.1, -0.05) is 26.0 Å². The van der Waals surface area contributed by atoms with Gasteiger partial charge in [-0.2, -0.15) is 0 Å². The predicted octanol–water partition coefficient (Wildman–Crippen LogP) is 3.56. The number of hydrogen-bond donors (Lipinski definition) is 1. The van der Waals surface area contributed by atoms with E-state index in [0.29, 0.717) is 6.04 Å². The Bertz CT molecular complexity index is 433. The second-order valence-corrected chi connectivity index (χ2v) is 6.16. The van der Waals surface area contributed by atoms with Crippen molar-refractivity contribution in [3.8, 4) is 0 Å². The number of likely N-dealkylation sites (tertiary alicyclic amines) is 1. The zero-order valence-corrected chi connectivity index (χ0v) is 13.0. The van der Waals surface area contributed by atoms with E-state index >= 15 is 0 Å². The highest BCUT2D eigenvalue weighted by Gasteiger charge is 2.23. The molecule has 2 unspecified atom stereocenters. The first kappa shape index (κ1) is 15.5. The molecule has 2 nitrogen and oxygen atoms in total. The minimum Gasteiger partial charge on any atom is -0.313 e. The van der Waals surface area contributed by atoms with Gasteiger partial charge in [-0.05, 0) is 50.4 Å². The van der Waals surface area contributed by atoms with Gasteiger partial charge in [-0.15, -0.1) is 0 Å². The van der Waals surface area contributed by atoms with Crippen LogP contribution < -0.4 is 5.32 Å². The number of nitrogens with one attached hydrogen (secondary N) is 1. The van der Waals surface area contributed by atoms with E-state index in [9.17, 15) is 4.39 Å². The van der Waals surface area contributed by atoms with Gasteiger partial charge < -0.3 is 5.32 Å². The van der Waals surface area contributed by atoms with Crippen molar-refractivity contribution in [1.82, 2.24) is 10.2 Å². The minimum atomic E-state index is -0.0731. The van der Waals surface area contributed by atoms with Gasteiger partial charge in [-0.3, -0.25) is 4.90 Å². The summed E-state index contributed by atoms with van der Waals surface area (Å²) in [6.07, 6.45) is 2.45. The summed E-state index contributed by atoms with van der Waals surface area (Å²) in [7, 11) is 0. The van der Waals surface area contributed by atoms with Crippen LogP contribution in [0.25, 0.3) is 0 Å². The topological polar surface area (TPSA) is 15.3 Å². The maximum Gasteiger partial charge on any atom is 0.127 e. The first-order valence-corrected chi connectivity index (χ1v) is 7.82. The minimum absolute atomic E-state index is 0.0731. The van der Waals surface area contributed by atoms with Gasteiger partial charge in [0.15, 0.2) is 0 Å². The molecule has 2 rings (SSSR count). The number of hydrogen-bond acceptors (Lipinski definition) is 2. The average molecular weight is 278 g/mol. The molecule has 0 saturated carbocycles. The first-order valence-electron chi connectivity index (χ1n) is 7.82. The van der Waals surface area contributed by atoms with Crippen LogP contribution in [0.5, 0.6) is 0 Å². The van der Waals surface area contributed by atoms with Crippen LogP contribution in [0.3, 0.4) is 0 Å². The van der Waals surface area contributed by atoms with Crippen molar-refractivity contribution in [1.29, 1.82) is 0 Å². The van der Waals surface area contributed by atoms with E-state index in [4.69, 9.17) is 0 Å². The molecule has 1 heterocycles. The molecular formula is C17H27FN2. The predicted molar refractivity (Wildman–Crippen MR) is 82.1 cm³/mol. The molecule has 0 aromatic heterocycles. The molecule has 0 amide bonds. The van der Waals surface area contributed by atoms with Crippen molar-refractivity contribution in [2.45, 2.75) is 52.7 Å². The van der Waals surface area contributed by atoms with Crippen LogP contribution in [0.15, 0.2) is 18.2 Å². The fourth-order valence-electron chi connectivity index (χ4n) is 3.04. The second-order valence-electron chi connectivity index (χ2n) is 6.16. The van der Waals surface area contributed by atoms with Crippen molar-refractivity contribution >= 4 is 0 Å². The number of benzene rings is 1. The van der Waals surface area contributed by atoms with Crippen molar-refractivity contribution in [3.63, 3.8) is 0 Å². The molecule has 1 fully saturated rings. The van der Waals surface area contributed by atoms with E-state index < -0.39 is 0 Å². The highest BCUT2D eigenvalue weighted by atomic mass is 19.1. The van der Waals surface area contributed by atoms with Crippen molar-refractivity contribution in [2.24, 2.45) is 5.92 Å². The maximum atomic E-state index is 14.0. The van der Waals surface area contributed by atoms with Crippen molar-refractivity contribution < 1.29 is 4.39 Å². The smallest absolute Gasteiger partial charge is 0.127 e. The van der Waals surface area contributed by atoms with E-state index in [1.54, 1.807) is 6.07 Å². The standard InChI is InChI=1S/C17H27FN2/c1-4-19-11-15-5-6-17(18)16(10-15)12-20-8-7-13(2)9-14(20)3/h5-6,10,13-14,19H,4,7-9,11-12H2,1-3H3. The van der Waals surface area contributed by atoms with Crippen LogP contribution in [0.4, 0.5) is 4.39 Å². The Morgan fingerprint density at radius 3 is 2.85 bits per heavy atom. The quantitative estimate of drug-likeness (QED) is 0.886. The number of nitrogens with zero attached hydrogens (tertiary/aromatic N) is 1. The van der Waals surface area contributed by atoms with Crippen molar-refractivity contribution in [2.75, 3.05) is 13.1 Å². The summed E-state index contributed by atoms with van der Waals surface area (Å²) >= 11 is 0. The van der Waals surface area contributed by atoms with Gasteiger partial charge in [0.25, 0.3) is 0 Å². The van der Waals surface area contributed by atoms with Crippen LogP contribution in [0.2, 0.25) is 0 Å². The molecule has 1 aromatic rings. The summed E-state index contributed by atoms with van der Waals surface area (Å²) in [5.74, 6) is 0.724. The molecule has 1 N–H and O–H groups in total. The normalized spacial score (nSPS) is 24.0. The lowest BCUT2D eigenvalue weighted by atomic mass is 9.93. The highest BCUT2D eigenvalue weighted by Crippen LogP contribution is 2.24. The summed E-state index contributed by atoms with van der Waals surface area (Å²) in [4.78, 5) is 2.41. The molecule has 0 bridgehead atoms. The van der Waals surface area contributed by atoms with E-state index in [2.05, 4.69) is 31.0 Å². The molecule has 112 valence electrons. The molecule has 0 spiro atoms. The second kappa shape index (κ2) is 7.19. The van der Waals surface area contributed by atoms with Crippen LogP contribution in [0.1, 0.15) is 44.7 Å². The Kier molecular flexibility index (Phi) is 5.55. The van der Waals surface area contributed by atoms with E-state index in [1.807, 2.05) is 12.1 Å². The third-order valence-corrected chi connectivity index (χ3v) is 4.34. The molecule has 1 aliphatic heterocycles. The summed E-state index contributed by atoms with van der Waals surface area (Å²) in [5.41, 5.74) is 2.00. The number of halogens is 1. The van der Waals surface area contributed by atoms with E-state index in [-0.39, 0.29) is 5.82 Å². The lowest BCUT2D eigenvalue weighted by Gasteiger charge is -2.36. The Balaban J connectivity index is 2.04. The van der Waals surface area contributed by atoms with Crippen LogP contribution >= 0.6 is 0 Å². The molecule has 1 saturated heterocycles. The van der Waals surface area contributed by atoms with E-state index in [1.165, 1.54) is 18.4 Å². The lowest BCUT2D eigenvalue weighted by Crippen LogP contribution is -2.39. The van der Waals surface area contributed by atoms with Gasteiger partial charge in [0.1, 0.15) is 5.82 Å². The molecule has 1 aromatic carbocycles. The molecule has 2 atom stereocenters. The fraction of sp³-hybridized carbons (Fsp3) is 0.647. The summed E-state index contributed by atoms with van der Waals surface area (Å²) in [5, 5.41) is 3.29. The zero-order valence-electron chi connectivity index (χ0n) is 13.0. The molecule has 20 heavy (non-hydrogen) atoms. The van der Waals surface area contributed by atoms with E-state index in [0.717, 1.165) is 37.7 Å². The molecular weight excluding hydrogens is 251 g/mol. The van der Waals surface area contributed by atoms with Crippen LogP contribution in [0, 0.1) is 11.7 Å². The zero-order chi connectivity index (χ0) is 14.5. The maximum absolute atomic E-state index is 14.0. The number of piperidine rings is 1. The van der Waals surface area contributed by atoms with Gasteiger partial charge in [-0.25, -0.2) is 4.39 Å². The monoisotopic (exact) mass is 278 g/mol. The van der Waals surface area contributed by atoms with Gasteiger partial charge >= 0.3 is 0 Å². The summed E-state index contributed by atoms with van der Waals surface area (Å²) < 4.78 is 14.0. The third-order valence-electron chi connectivity index (χ3n) is 4.34. The first-order chi connectivity index (χ1) is 9.60. The summed E-state index contributed by atoms with van der Waals surface area (Å²) in [6, 6.07) is 6.06. The SMILES string of the molecule is CCNCc1ccc(F)c(CN2CCC(C)CC2C)c1. The fourth-order valence-corrected chi connectivity index (χ4v) is 3.04. The number of rotatable bonds is 5. The Hall–Kier alpha value is -0.930. The summed E-state index contributed by atoms with van der Waals surface area (Å²) in [6.45, 7) is 10.2. The third kappa shape index (κ3) is 4.03. The molecule has 0 aliphatic carbocycles. The van der Waals surface area contributed by atoms with Crippen LogP contribution in [-0.4, -0.2) is 24.0 Å². The van der Waals surface area contributed by atoms with Gasteiger partial charge in [0.05, 0.1) is 0 Å². The Labute approximate surface area is 122 Å².